The molecule has 1 aromatic heterocycles. The van der Waals surface area contributed by atoms with E-state index in [2.05, 4.69) is 20.5 Å². The molecule has 0 amide bonds. The van der Waals surface area contributed by atoms with Crippen LogP contribution in [-0.2, 0) is 6.42 Å². The summed E-state index contributed by atoms with van der Waals surface area (Å²) in [6, 6.07) is 3.43. The standard InChI is InChI=1S/C13H16N4O2S.ClH/c1-7-15-13(17-16-7)20-6-10-9-5-12(19)11(18)4-8(9)2-3-14-10;/h4-5,10,14,18-19H,2-3,6H2,1H3,(H,15,16,17);1H. The summed E-state index contributed by atoms with van der Waals surface area (Å²) in [5, 5.41) is 31.4. The Labute approximate surface area is 132 Å². The number of fused-ring (bicyclic) bond motifs is 1. The maximum atomic E-state index is 9.67. The first kappa shape index (κ1) is 15.9. The van der Waals surface area contributed by atoms with Crippen molar-refractivity contribution in [3.05, 3.63) is 29.1 Å². The van der Waals surface area contributed by atoms with E-state index in [1.165, 1.54) is 0 Å². The number of halogens is 1. The molecule has 0 bridgehead atoms. The number of aromatic amines is 1. The molecule has 1 aromatic carbocycles. The van der Waals surface area contributed by atoms with E-state index in [1.807, 2.05) is 6.92 Å². The number of rotatable bonds is 3. The minimum atomic E-state index is -0.0713. The van der Waals surface area contributed by atoms with Crippen LogP contribution in [0.25, 0.3) is 0 Å². The third-order valence-electron chi connectivity index (χ3n) is 3.36. The van der Waals surface area contributed by atoms with Crippen molar-refractivity contribution in [2.75, 3.05) is 12.3 Å². The molecule has 0 aliphatic carbocycles. The topological polar surface area (TPSA) is 94.1 Å². The summed E-state index contributed by atoms with van der Waals surface area (Å²) in [6.45, 7) is 2.73. The van der Waals surface area contributed by atoms with Crippen LogP contribution in [0.3, 0.4) is 0 Å². The van der Waals surface area contributed by atoms with Gasteiger partial charge in [-0.05, 0) is 43.1 Å². The monoisotopic (exact) mass is 328 g/mol. The third-order valence-corrected chi connectivity index (χ3v) is 4.32. The van der Waals surface area contributed by atoms with Crippen molar-refractivity contribution in [1.82, 2.24) is 20.5 Å². The van der Waals surface area contributed by atoms with Gasteiger partial charge >= 0.3 is 0 Å². The lowest BCUT2D eigenvalue weighted by Gasteiger charge is -2.26. The summed E-state index contributed by atoms with van der Waals surface area (Å²) in [5.41, 5.74) is 2.12. The van der Waals surface area contributed by atoms with Crippen LogP contribution in [0.15, 0.2) is 17.3 Å². The molecule has 4 N–H and O–H groups in total. The zero-order valence-electron chi connectivity index (χ0n) is 11.5. The number of aromatic nitrogens is 3. The SMILES string of the molecule is Cc1nnc(SCC2NCCc3cc(O)c(O)cc32)[nH]1.Cl. The van der Waals surface area contributed by atoms with Gasteiger partial charge in [-0.1, -0.05) is 11.8 Å². The Morgan fingerprint density at radius 2 is 2.05 bits per heavy atom. The summed E-state index contributed by atoms with van der Waals surface area (Å²) in [4.78, 5) is 3.08. The van der Waals surface area contributed by atoms with Gasteiger partial charge in [-0.3, -0.25) is 0 Å². The van der Waals surface area contributed by atoms with E-state index in [-0.39, 0.29) is 29.9 Å². The number of aryl methyl sites for hydroxylation is 1. The second-order valence-electron chi connectivity index (χ2n) is 4.82. The van der Waals surface area contributed by atoms with E-state index < -0.39 is 0 Å². The van der Waals surface area contributed by atoms with Gasteiger partial charge < -0.3 is 20.5 Å². The summed E-state index contributed by atoms with van der Waals surface area (Å²) in [5.74, 6) is 1.46. The quantitative estimate of drug-likeness (QED) is 0.508. The number of hydrogen-bond acceptors (Lipinski definition) is 6. The molecule has 8 heteroatoms. The molecule has 0 spiro atoms. The van der Waals surface area contributed by atoms with Crippen molar-refractivity contribution in [1.29, 1.82) is 0 Å². The highest BCUT2D eigenvalue weighted by molar-refractivity contribution is 7.99. The van der Waals surface area contributed by atoms with Crippen molar-refractivity contribution in [2.24, 2.45) is 0 Å². The van der Waals surface area contributed by atoms with Crippen molar-refractivity contribution in [2.45, 2.75) is 24.5 Å². The predicted molar refractivity (Wildman–Crippen MR) is 83.3 cm³/mol. The zero-order valence-corrected chi connectivity index (χ0v) is 13.1. The molecule has 1 unspecified atom stereocenters. The molecule has 3 rings (SSSR count). The molecule has 2 aromatic rings. The smallest absolute Gasteiger partial charge is 0.188 e. The number of phenols is 2. The number of H-pyrrole nitrogens is 1. The lowest BCUT2D eigenvalue weighted by atomic mass is 9.94. The van der Waals surface area contributed by atoms with E-state index in [9.17, 15) is 10.2 Å². The van der Waals surface area contributed by atoms with Crippen molar-refractivity contribution < 1.29 is 10.2 Å². The highest BCUT2D eigenvalue weighted by Gasteiger charge is 2.22. The molecular weight excluding hydrogens is 312 g/mol. The lowest BCUT2D eigenvalue weighted by molar-refractivity contribution is 0.399. The highest BCUT2D eigenvalue weighted by Crippen LogP contribution is 2.35. The van der Waals surface area contributed by atoms with E-state index >= 15 is 0 Å². The van der Waals surface area contributed by atoms with Crippen LogP contribution >= 0.6 is 24.2 Å². The maximum Gasteiger partial charge on any atom is 0.188 e. The molecule has 21 heavy (non-hydrogen) atoms. The number of nitrogens with one attached hydrogen (secondary N) is 2. The molecular formula is C13H17ClN4O2S. The number of aromatic hydroxyl groups is 2. The van der Waals surface area contributed by atoms with Crippen LogP contribution in [0, 0.1) is 6.92 Å². The Kier molecular flexibility index (Phi) is 4.97. The third kappa shape index (κ3) is 3.42. The van der Waals surface area contributed by atoms with Crippen LogP contribution < -0.4 is 5.32 Å². The molecule has 0 radical (unpaired) electrons. The lowest BCUT2D eigenvalue weighted by Crippen LogP contribution is -2.31. The fourth-order valence-corrected chi connectivity index (χ4v) is 3.31. The molecule has 6 nitrogen and oxygen atoms in total. The Morgan fingerprint density at radius 1 is 1.29 bits per heavy atom. The minimum absolute atomic E-state index is 0. The summed E-state index contributed by atoms with van der Waals surface area (Å²) < 4.78 is 0. The molecule has 114 valence electrons. The van der Waals surface area contributed by atoms with Crippen LogP contribution in [0.1, 0.15) is 23.0 Å². The van der Waals surface area contributed by atoms with E-state index in [0.717, 1.165) is 40.8 Å². The second kappa shape index (κ2) is 6.55. The fraction of sp³-hybridized carbons (Fsp3) is 0.385. The Hall–Kier alpha value is -1.44. The highest BCUT2D eigenvalue weighted by atomic mass is 35.5. The second-order valence-corrected chi connectivity index (χ2v) is 5.83. The first-order chi connectivity index (χ1) is 9.63. The minimum Gasteiger partial charge on any atom is -0.504 e. The van der Waals surface area contributed by atoms with Gasteiger partial charge in [0.25, 0.3) is 0 Å². The summed E-state index contributed by atoms with van der Waals surface area (Å²) in [6.07, 6.45) is 0.853. The number of nitrogens with zero attached hydrogens (tertiary/aromatic N) is 2. The van der Waals surface area contributed by atoms with Gasteiger partial charge in [0.05, 0.1) is 0 Å². The van der Waals surface area contributed by atoms with Gasteiger partial charge in [0.1, 0.15) is 5.82 Å². The van der Waals surface area contributed by atoms with Gasteiger partial charge in [-0.2, -0.15) is 0 Å². The normalized spacial score (nSPS) is 17.1. The van der Waals surface area contributed by atoms with Gasteiger partial charge in [0.15, 0.2) is 16.7 Å². The molecule has 1 aliphatic rings. The molecule has 0 saturated carbocycles. The van der Waals surface area contributed by atoms with E-state index in [1.54, 1.807) is 23.9 Å². The Bertz CT molecular complexity index is 635. The number of hydrogen-bond donors (Lipinski definition) is 4. The van der Waals surface area contributed by atoms with E-state index in [0.29, 0.717) is 0 Å². The zero-order chi connectivity index (χ0) is 14.1. The van der Waals surface area contributed by atoms with E-state index in [4.69, 9.17) is 0 Å². The molecule has 1 atom stereocenters. The van der Waals surface area contributed by atoms with Gasteiger partial charge in [-0.15, -0.1) is 22.6 Å². The summed E-state index contributed by atoms with van der Waals surface area (Å²) in [7, 11) is 0. The first-order valence-corrected chi connectivity index (χ1v) is 7.42. The van der Waals surface area contributed by atoms with Gasteiger partial charge in [0, 0.05) is 11.8 Å². The van der Waals surface area contributed by atoms with Crippen LogP contribution in [0.2, 0.25) is 0 Å². The number of phenolic OH excluding ortho intramolecular Hbond substituents is 2. The van der Waals surface area contributed by atoms with Crippen LogP contribution in [0.4, 0.5) is 0 Å². The van der Waals surface area contributed by atoms with Gasteiger partial charge in [-0.25, -0.2) is 0 Å². The molecule has 0 fully saturated rings. The van der Waals surface area contributed by atoms with Crippen molar-refractivity contribution >= 4 is 24.2 Å². The van der Waals surface area contributed by atoms with Crippen molar-refractivity contribution in [3.63, 3.8) is 0 Å². The largest absolute Gasteiger partial charge is 0.504 e. The van der Waals surface area contributed by atoms with Gasteiger partial charge in [0.2, 0.25) is 0 Å². The average Bonchev–Trinajstić information content (AvgIpc) is 2.84. The number of thioether (sulfide) groups is 1. The first-order valence-electron chi connectivity index (χ1n) is 6.43. The Morgan fingerprint density at radius 3 is 2.76 bits per heavy atom. The predicted octanol–water partition coefficient (Wildman–Crippen LogP) is 1.93. The Balaban J connectivity index is 0.00000161. The average molecular weight is 329 g/mol. The fourth-order valence-electron chi connectivity index (χ4n) is 2.37. The van der Waals surface area contributed by atoms with Crippen molar-refractivity contribution in [3.8, 4) is 11.5 Å². The maximum absolute atomic E-state index is 9.67. The molecule has 0 saturated heterocycles. The number of benzene rings is 1. The van der Waals surface area contributed by atoms with Crippen LogP contribution in [-0.4, -0.2) is 37.7 Å². The van der Waals surface area contributed by atoms with Crippen LogP contribution in [0.5, 0.6) is 11.5 Å². The molecule has 2 heterocycles. The summed E-state index contributed by atoms with van der Waals surface area (Å²) >= 11 is 1.59. The molecule has 1 aliphatic heterocycles.